The monoisotopic (exact) mass is 393 g/mol. The van der Waals surface area contributed by atoms with Crippen LogP contribution in [0.5, 0.6) is 0 Å². The highest BCUT2D eigenvalue weighted by atomic mass is 19.4. The highest BCUT2D eigenvalue weighted by molar-refractivity contribution is 6.32. The molecule has 144 valence electrons. The van der Waals surface area contributed by atoms with Crippen molar-refractivity contribution in [3.05, 3.63) is 59.9 Å². The van der Waals surface area contributed by atoms with Crippen LogP contribution in [0.3, 0.4) is 0 Å². The van der Waals surface area contributed by atoms with E-state index in [9.17, 15) is 31.9 Å². The zero-order valence-corrected chi connectivity index (χ0v) is 13.9. The van der Waals surface area contributed by atoms with E-state index in [-0.39, 0.29) is 11.4 Å². The molecule has 2 aromatic carbocycles. The van der Waals surface area contributed by atoms with E-state index in [1.165, 1.54) is 24.3 Å². The molecule has 0 aliphatic carbocycles. The van der Waals surface area contributed by atoms with Crippen molar-refractivity contribution in [2.75, 3.05) is 4.90 Å². The average Bonchev–Trinajstić information content (AvgIpc) is 2.62. The minimum Gasteiger partial charge on any atom is -0.276 e. The lowest BCUT2D eigenvalue weighted by atomic mass is 10.1. The molecule has 0 radical (unpaired) electrons. The molecule has 1 saturated heterocycles. The van der Waals surface area contributed by atoms with E-state index in [2.05, 4.69) is 4.99 Å². The Morgan fingerprint density at radius 3 is 2.43 bits per heavy atom. The van der Waals surface area contributed by atoms with Crippen molar-refractivity contribution < 1.29 is 31.9 Å². The highest BCUT2D eigenvalue weighted by Crippen LogP contribution is 2.31. The molecule has 1 aliphatic rings. The Labute approximate surface area is 155 Å². The van der Waals surface area contributed by atoms with Gasteiger partial charge in [0.05, 0.1) is 16.9 Å². The smallest absolute Gasteiger partial charge is 0.276 e. The van der Waals surface area contributed by atoms with Gasteiger partial charge in [-0.3, -0.25) is 19.9 Å². The van der Waals surface area contributed by atoms with Gasteiger partial charge in [-0.05, 0) is 30.3 Å². The van der Waals surface area contributed by atoms with Gasteiger partial charge < -0.3 is 0 Å². The lowest BCUT2D eigenvalue weighted by Gasteiger charge is -2.28. The fourth-order valence-electron chi connectivity index (χ4n) is 2.51. The summed E-state index contributed by atoms with van der Waals surface area (Å²) in [5.74, 6) is -4.58. The summed E-state index contributed by atoms with van der Waals surface area (Å²) < 4.78 is 52.2. The number of nitrogens with one attached hydrogen (secondary N) is 1. The van der Waals surface area contributed by atoms with Gasteiger partial charge in [-0.2, -0.15) is 13.2 Å². The van der Waals surface area contributed by atoms with Crippen molar-refractivity contribution in [2.24, 2.45) is 10.9 Å². The number of urea groups is 1. The number of hydrogen-bond donors (Lipinski definition) is 1. The Morgan fingerprint density at radius 1 is 1.04 bits per heavy atom. The van der Waals surface area contributed by atoms with Gasteiger partial charge in [-0.15, -0.1) is 0 Å². The van der Waals surface area contributed by atoms with Crippen molar-refractivity contribution in [3.8, 4) is 0 Å². The van der Waals surface area contributed by atoms with Crippen LogP contribution in [0.2, 0.25) is 0 Å². The Kier molecular flexibility index (Phi) is 4.95. The van der Waals surface area contributed by atoms with Crippen LogP contribution in [-0.2, 0) is 15.8 Å². The molecule has 0 saturated carbocycles. The van der Waals surface area contributed by atoms with E-state index in [0.717, 1.165) is 30.5 Å². The van der Waals surface area contributed by atoms with E-state index in [1.807, 2.05) is 5.32 Å². The number of rotatable bonds is 3. The first-order valence-electron chi connectivity index (χ1n) is 7.83. The Morgan fingerprint density at radius 2 is 1.75 bits per heavy atom. The van der Waals surface area contributed by atoms with Gasteiger partial charge in [0.1, 0.15) is 5.82 Å². The zero-order valence-electron chi connectivity index (χ0n) is 13.9. The van der Waals surface area contributed by atoms with Gasteiger partial charge in [0.15, 0.2) is 5.92 Å². The maximum absolute atomic E-state index is 14.0. The molecule has 1 heterocycles. The number of benzene rings is 2. The van der Waals surface area contributed by atoms with Crippen LogP contribution in [0.25, 0.3) is 0 Å². The molecule has 28 heavy (non-hydrogen) atoms. The number of carbonyl (C=O) groups is 3. The molecular formula is C18H11F4N3O3. The predicted molar refractivity (Wildman–Crippen MR) is 90.5 cm³/mol. The van der Waals surface area contributed by atoms with Crippen LogP contribution in [0, 0.1) is 11.7 Å². The third-order valence-corrected chi connectivity index (χ3v) is 3.84. The Bertz CT molecular complexity index is 988. The summed E-state index contributed by atoms with van der Waals surface area (Å²) in [6, 6.07) is 7.75. The molecule has 3 rings (SSSR count). The van der Waals surface area contributed by atoms with E-state index < -0.39 is 41.3 Å². The highest BCUT2D eigenvalue weighted by Gasteiger charge is 2.41. The first-order chi connectivity index (χ1) is 13.2. The Hall–Kier alpha value is -3.56. The fourth-order valence-corrected chi connectivity index (χ4v) is 2.51. The molecule has 1 aliphatic heterocycles. The van der Waals surface area contributed by atoms with Crippen LogP contribution in [0.4, 0.5) is 33.7 Å². The largest absolute Gasteiger partial charge is 0.416 e. The number of para-hydroxylation sites is 1. The van der Waals surface area contributed by atoms with Crippen LogP contribution >= 0.6 is 0 Å². The minimum absolute atomic E-state index is 0.148. The molecule has 4 amide bonds. The number of hydrogen-bond acceptors (Lipinski definition) is 4. The summed E-state index contributed by atoms with van der Waals surface area (Å²) in [6.45, 7) is 0. The van der Waals surface area contributed by atoms with Crippen LogP contribution in [0.1, 0.15) is 5.56 Å². The number of aliphatic imine (C=N–C) groups is 1. The number of amides is 4. The van der Waals surface area contributed by atoms with E-state index in [0.29, 0.717) is 4.90 Å². The third-order valence-electron chi connectivity index (χ3n) is 3.84. The molecule has 1 atom stereocenters. The van der Waals surface area contributed by atoms with Crippen molar-refractivity contribution >= 4 is 35.4 Å². The van der Waals surface area contributed by atoms with Gasteiger partial charge in [-0.25, -0.2) is 14.1 Å². The SMILES string of the molecule is O=C1NC(=O)N(c2ccccc2F)C(=O)[C@H]1C=Nc1cccc(C(F)(F)F)c1. The first kappa shape index (κ1) is 19.2. The lowest BCUT2D eigenvalue weighted by molar-refractivity contribution is -0.137. The topological polar surface area (TPSA) is 78.8 Å². The second kappa shape index (κ2) is 7.22. The third kappa shape index (κ3) is 3.75. The van der Waals surface area contributed by atoms with Crippen molar-refractivity contribution in [2.45, 2.75) is 6.18 Å². The normalized spacial score (nSPS) is 17.9. The van der Waals surface area contributed by atoms with Crippen molar-refractivity contribution in [1.82, 2.24) is 5.32 Å². The minimum atomic E-state index is -4.59. The molecule has 6 nitrogen and oxygen atoms in total. The van der Waals surface area contributed by atoms with E-state index in [4.69, 9.17) is 0 Å². The number of nitrogens with zero attached hydrogens (tertiary/aromatic N) is 2. The average molecular weight is 393 g/mol. The first-order valence-corrected chi connectivity index (χ1v) is 7.83. The van der Waals surface area contributed by atoms with Crippen LogP contribution in [0.15, 0.2) is 53.5 Å². The number of imide groups is 2. The van der Waals surface area contributed by atoms with E-state index in [1.54, 1.807) is 0 Å². The number of halogens is 4. The maximum atomic E-state index is 14.0. The van der Waals surface area contributed by atoms with Crippen LogP contribution < -0.4 is 10.2 Å². The standard InChI is InChI=1S/C18H11F4N3O3/c19-13-6-1-2-7-14(13)25-16(27)12(15(26)24-17(25)28)9-23-11-5-3-4-10(8-11)18(20,21)22/h1-9,12H,(H,24,26,28)/t12-/m0/s1. The fraction of sp³-hybridized carbons (Fsp3) is 0.111. The maximum Gasteiger partial charge on any atom is 0.416 e. The molecule has 1 N–H and O–H groups in total. The summed E-state index contributed by atoms with van der Waals surface area (Å²) in [5, 5.41) is 1.90. The Balaban J connectivity index is 1.90. The van der Waals surface area contributed by atoms with Gasteiger partial charge in [0, 0.05) is 6.21 Å². The summed E-state index contributed by atoms with van der Waals surface area (Å²) in [6.07, 6.45) is -3.77. The molecule has 2 aromatic rings. The van der Waals surface area contributed by atoms with Crippen molar-refractivity contribution in [3.63, 3.8) is 0 Å². The molecule has 0 spiro atoms. The van der Waals surface area contributed by atoms with Gasteiger partial charge in [-0.1, -0.05) is 18.2 Å². The summed E-state index contributed by atoms with van der Waals surface area (Å²) in [5.41, 5.74) is -1.47. The molecule has 0 unspecified atom stereocenters. The molecule has 1 fully saturated rings. The second-order valence-corrected chi connectivity index (χ2v) is 5.72. The lowest BCUT2D eigenvalue weighted by Crippen LogP contribution is -2.58. The van der Waals surface area contributed by atoms with Crippen molar-refractivity contribution in [1.29, 1.82) is 0 Å². The molecular weight excluding hydrogens is 382 g/mol. The van der Waals surface area contributed by atoms with Gasteiger partial charge in [0.25, 0.3) is 5.91 Å². The number of anilines is 1. The zero-order chi connectivity index (χ0) is 20.5. The van der Waals surface area contributed by atoms with Gasteiger partial charge in [0.2, 0.25) is 5.91 Å². The van der Waals surface area contributed by atoms with E-state index >= 15 is 0 Å². The molecule has 10 heteroatoms. The van der Waals surface area contributed by atoms with Crippen LogP contribution in [-0.4, -0.2) is 24.1 Å². The molecule has 0 aromatic heterocycles. The summed E-state index contributed by atoms with van der Waals surface area (Å²) in [7, 11) is 0. The second-order valence-electron chi connectivity index (χ2n) is 5.72. The summed E-state index contributed by atoms with van der Waals surface area (Å²) in [4.78, 5) is 40.7. The number of carbonyl (C=O) groups excluding carboxylic acids is 3. The number of barbiturate groups is 1. The number of alkyl halides is 3. The van der Waals surface area contributed by atoms with Gasteiger partial charge >= 0.3 is 12.2 Å². The summed E-state index contributed by atoms with van der Waals surface area (Å²) >= 11 is 0. The quantitative estimate of drug-likeness (QED) is 0.493. The molecule has 0 bridgehead atoms. The predicted octanol–water partition coefficient (Wildman–Crippen LogP) is 3.45.